The minimum Gasteiger partial charge on any atom is -0.325 e. The predicted molar refractivity (Wildman–Crippen MR) is 97.4 cm³/mol. The minimum absolute atomic E-state index is 0.0363. The summed E-state index contributed by atoms with van der Waals surface area (Å²) in [7, 11) is 0. The number of hydrogen-bond donors (Lipinski definition) is 0. The summed E-state index contributed by atoms with van der Waals surface area (Å²) in [6.45, 7) is 2.36. The molecule has 2 amide bonds. The van der Waals surface area contributed by atoms with Gasteiger partial charge in [0.2, 0.25) is 5.91 Å². The highest BCUT2D eigenvalue weighted by Crippen LogP contribution is 2.24. The second kappa shape index (κ2) is 7.13. The van der Waals surface area contributed by atoms with Gasteiger partial charge < -0.3 is 9.80 Å². The predicted octanol–water partition coefficient (Wildman–Crippen LogP) is 3.13. The fourth-order valence-corrected chi connectivity index (χ4v) is 3.04. The van der Waals surface area contributed by atoms with Gasteiger partial charge in [-0.25, -0.2) is 0 Å². The van der Waals surface area contributed by atoms with E-state index < -0.39 is 11.0 Å². The van der Waals surface area contributed by atoms with Crippen LogP contribution in [0, 0.1) is 10.1 Å². The Morgan fingerprint density at radius 2 is 1.73 bits per heavy atom. The van der Waals surface area contributed by atoms with Crippen LogP contribution in [0.25, 0.3) is 0 Å². The van der Waals surface area contributed by atoms with E-state index in [1.54, 1.807) is 48.2 Å². The second-order valence-electron chi connectivity index (χ2n) is 5.94. The molecule has 26 heavy (non-hydrogen) atoms. The number of amides is 2. The number of piperazine rings is 1. The number of hydrogen-bond acceptors (Lipinski definition) is 4. The van der Waals surface area contributed by atoms with Crippen molar-refractivity contribution in [2.45, 2.75) is 13.0 Å². The fourth-order valence-electron chi connectivity index (χ4n) is 2.92. The Labute approximate surface area is 154 Å². The molecule has 1 saturated heterocycles. The molecule has 2 aromatic carbocycles. The summed E-state index contributed by atoms with van der Waals surface area (Å²) in [5.74, 6) is -0.460. The molecule has 0 bridgehead atoms. The lowest BCUT2D eigenvalue weighted by Gasteiger charge is -2.39. The first-order valence-electron chi connectivity index (χ1n) is 8.01. The molecule has 0 saturated carbocycles. The highest BCUT2D eigenvalue weighted by Gasteiger charge is 2.35. The van der Waals surface area contributed by atoms with Crippen molar-refractivity contribution >= 4 is 34.8 Å². The van der Waals surface area contributed by atoms with E-state index in [2.05, 4.69) is 0 Å². The maximum Gasteiger partial charge on any atom is 0.269 e. The Balaban J connectivity index is 1.76. The quantitative estimate of drug-likeness (QED) is 0.611. The Morgan fingerprint density at radius 3 is 2.31 bits per heavy atom. The normalized spacial score (nSPS) is 17.3. The van der Waals surface area contributed by atoms with Gasteiger partial charge in [-0.3, -0.25) is 19.7 Å². The van der Waals surface area contributed by atoms with E-state index in [-0.39, 0.29) is 17.5 Å². The number of benzene rings is 2. The molecule has 2 aromatic rings. The fraction of sp³-hybridized carbons (Fsp3) is 0.222. The standard InChI is InChI=1S/C18H16ClN3O4/c1-12-17(23)21(15-6-8-16(9-7-15)22(25)26)11-10-20(12)18(24)13-2-4-14(19)5-3-13/h2-9,12H,10-11H2,1H3. The van der Waals surface area contributed by atoms with Gasteiger partial charge in [0.15, 0.2) is 0 Å². The van der Waals surface area contributed by atoms with Gasteiger partial charge in [0.25, 0.3) is 11.6 Å². The van der Waals surface area contributed by atoms with E-state index in [4.69, 9.17) is 11.6 Å². The highest BCUT2D eigenvalue weighted by atomic mass is 35.5. The van der Waals surface area contributed by atoms with Gasteiger partial charge in [-0.1, -0.05) is 11.6 Å². The monoisotopic (exact) mass is 373 g/mol. The highest BCUT2D eigenvalue weighted by molar-refractivity contribution is 6.30. The number of anilines is 1. The zero-order valence-corrected chi connectivity index (χ0v) is 14.7. The van der Waals surface area contributed by atoms with E-state index in [1.165, 1.54) is 17.0 Å². The van der Waals surface area contributed by atoms with Crippen LogP contribution in [0.2, 0.25) is 5.02 Å². The number of non-ortho nitro benzene ring substituents is 1. The molecule has 3 rings (SSSR count). The van der Waals surface area contributed by atoms with E-state index in [9.17, 15) is 19.7 Å². The average molecular weight is 374 g/mol. The Morgan fingerprint density at radius 1 is 1.12 bits per heavy atom. The van der Waals surface area contributed by atoms with Crippen LogP contribution in [0.4, 0.5) is 11.4 Å². The van der Waals surface area contributed by atoms with Gasteiger partial charge in [0.05, 0.1) is 4.92 Å². The Kier molecular flexibility index (Phi) is 4.90. The van der Waals surface area contributed by atoms with Crippen molar-refractivity contribution in [2.75, 3.05) is 18.0 Å². The Bertz CT molecular complexity index is 852. The summed E-state index contributed by atoms with van der Waals surface area (Å²) < 4.78 is 0. The molecule has 1 aliphatic heterocycles. The molecule has 0 radical (unpaired) electrons. The molecule has 134 valence electrons. The molecule has 1 heterocycles. The summed E-state index contributed by atoms with van der Waals surface area (Å²) in [5.41, 5.74) is 1.01. The van der Waals surface area contributed by atoms with Crippen LogP contribution in [-0.4, -0.2) is 40.8 Å². The van der Waals surface area contributed by atoms with Crippen molar-refractivity contribution in [3.8, 4) is 0 Å². The van der Waals surface area contributed by atoms with E-state index in [1.807, 2.05) is 0 Å². The zero-order valence-electron chi connectivity index (χ0n) is 14.0. The molecule has 0 N–H and O–H groups in total. The molecule has 0 aliphatic carbocycles. The van der Waals surface area contributed by atoms with Crippen molar-refractivity contribution < 1.29 is 14.5 Å². The maximum absolute atomic E-state index is 12.7. The average Bonchev–Trinajstić information content (AvgIpc) is 2.64. The number of halogens is 1. The van der Waals surface area contributed by atoms with Gasteiger partial charge >= 0.3 is 0 Å². The van der Waals surface area contributed by atoms with Gasteiger partial charge in [0.1, 0.15) is 6.04 Å². The van der Waals surface area contributed by atoms with Crippen LogP contribution in [-0.2, 0) is 4.79 Å². The minimum atomic E-state index is -0.637. The third kappa shape index (κ3) is 3.39. The Hall–Kier alpha value is -2.93. The van der Waals surface area contributed by atoms with Crippen LogP contribution in [0.15, 0.2) is 48.5 Å². The molecule has 7 nitrogen and oxygen atoms in total. The lowest BCUT2D eigenvalue weighted by molar-refractivity contribution is -0.384. The van der Waals surface area contributed by atoms with Gasteiger partial charge in [-0.15, -0.1) is 0 Å². The molecule has 0 spiro atoms. The maximum atomic E-state index is 12.7. The van der Waals surface area contributed by atoms with Crippen LogP contribution in [0.5, 0.6) is 0 Å². The zero-order chi connectivity index (χ0) is 18.8. The number of nitrogens with zero attached hydrogens (tertiary/aromatic N) is 3. The first-order chi connectivity index (χ1) is 12.4. The van der Waals surface area contributed by atoms with Crippen LogP contribution >= 0.6 is 11.6 Å². The van der Waals surface area contributed by atoms with Gasteiger partial charge in [-0.05, 0) is 43.3 Å². The molecule has 1 unspecified atom stereocenters. The van der Waals surface area contributed by atoms with Crippen LogP contribution < -0.4 is 4.90 Å². The number of carbonyl (C=O) groups is 2. The van der Waals surface area contributed by atoms with Gasteiger partial charge in [0, 0.05) is 41.5 Å². The largest absolute Gasteiger partial charge is 0.325 e. The number of nitro groups is 1. The van der Waals surface area contributed by atoms with Crippen molar-refractivity contribution in [3.05, 3.63) is 69.2 Å². The van der Waals surface area contributed by atoms with E-state index in [0.717, 1.165) is 0 Å². The summed E-state index contributed by atoms with van der Waals surface area (Å²) in [6, 6.07) is 11.7. The van der Waals surface area contributed by atoms with Crippen molar-refractivity contribution in [2.24, 2.45) is 0 Å². The van der Waals surface area contributed by atoms with E-state index >= 15 is 0 Å². The summed E-state index contributed by atoms with van der Waals surface area (Å²) in [6.07, 6.45) is 0. The van der Waals surface area contributed by atoms with Crippen molar-refractivity contribution in [1.82, 2.24) is 4.90 Å². The third-order valence-corrected chi connectivity index (χ3v) is 4.63. The topological polar surface area (TPSA) is 83.8 Å². The smallest absolute Gasteiger partial charge is 0.269 e. The first-order valence-corrected chi connectivity index (χ1v) is 8.38. The SMILES string of the molecule is CC1C(=O)N(c2ccc([N+](=O)[O-])cc2)CCN1C(=O)c1ccc(Cl)cc1. The van der Waals surface area contributed by atoms with Gasteiger partial charge in [-0.2, -0.15) is 0 Å². The molecular formula is C18H16ClN3O4. The third-order valence-electron chi connectivity index (χ3n) is 4.38. The number of carbonyl (C=O) groups excluding carboxylic acids is 2. The first kappa shape index (κ1) is 17.9. The molecule has 0 aromatic heterocycles. The summed E-state index contributed by atoms with van der Waals surface area (Å²) >= 11 is 5.84. The second-order valence-corrected chi connectivity index (χ2v) is 6.38. The molecule has 1 fully saturated rings. The molecule has 1 aliphatic rings. The number of rotatable bonds is 3. The van der Waals surface area contributed by atoms with Crippen molar-refractivity contribution in [3.63, 3.8) is 0 Å². The van der Waals surface area contributed by atoms with E-state index in [0.29, 0.717) is 29.4 Å². The van der Waals surface area contributed by atoms with Crippen LogP contribution in [0.1, 0.15) is 17.3 Å². The van der Waals surface area contributed by atoms with Crippen molar-refractivity contribution in [1.29, 1.82) is 0 Å². The van der Waals surface area contributed by atoms with Crippen LogP contribution in [0.3, 0.4) is 0 Å². The molecular weight excluding hydrogens is 358 g/mol. The molecule has 1 atom stereocenters. The lowest BCUT2D eigenvalue weighted by Crippen LogP contribution is -2.57. The summed E-state index contributed by atoms with van der Waals surface area (Å²) in [4.78, 5) is 38.7. The molecule has 8 heteroatoms. The lowest BCUT2D eigenvalue weighted by atomic mass is 10.1. The summed E-state index contributed by atoms with van der Waals surface area (Å²) in [5, 5.41) is 11.3. The number of nitro benzene ring substituents is 1.